The molecule has 0 aromatic heterocycles. The van der Waals surface area contributed by atoms with Crippen LogP contribution in [0.1, 0.15) is 50.6 Å². The third kappa shape index (κ3) is 5.91. The molecule has 5 nitrogen and oxygen atoms in total. The number of ether oxygens (including phenoxy) is 4. The van der Waals surface area contributed by atoms with Crippen molar-refractivity contribution in [1.82, 2.24) is 0 Å². The molecule has 3 saturated carbocycles. The van der Waals surface area contributed by atoms with Crippen LogP contribution in [0.25, 0.3) is 0 Å². The number of hydrogen-bond acceptors (Lipinski definition) is 4. The van der Waals surface area contributed by atoms with E-state index in [4.69, 9.17) is 24.4 Å². The molecule has 33 heavy (non-hydrogen) atoms. The second-order valence-corrected chi connectivity index (χ2v) is 11.1. The fourth-order valence-corrected chi connectivity index (χ4v) is 6.49. The lowest BCUT2D eigenvalue weighted by molar-refractivity contribution is -0.947. The summed E-state index contributed by atoms with van der Waals surface area (Å²) in [6.07, 6.45) is 4.46. The van der Waals surface area contributed by atoms with Crippen LogP contribution in [-0.4, -0.2) is 64.7 Å². The first kappa shape index (κ1) is 21.9. The van der Waals surface area contributed by atoms with Crippen molar-refractivity contribution in [3.8, 4) is 11.5 Å². The largest absolute Gasteiger partial charge is 1.00 e. The van der Waals surface area contributed by atoms with E-state index in [1.54, 1.807) is 14.2 Å². The molecule has 3 aliphatic carbocycles. The SMILES string of the molecule is [2H]C([2H])(OCCC1CC[C@H]2C[C@@H]1C2(C)C)C([2H])([2H])[N+]1(Cc2cc(OC)c(OC)cc2Br)CCOCC1.[Br-]. The van der Waals surface area contributed by atoms with E-state index < -0.39 is 13.1 Å². The summed E-state index contributed by atoms with van der Waals surface area (Å²) in [4.78, 5) is 0. The number of morpholine rings is 1. The monoisotopic (exact) mass is 593 g/mol. The van der Waals surface area contributed by atoms with Gasteiger partial charge in [-0.15, -0.1) is 0 Å². The molecule has 0 amide bonds. The average Bonchev–Trinajstić information content (AvgIpc) is 2.85. The van der Waals surface area contributed by atoms with Gasteiger partial charge in [-0.3, -0.25) is 0 Å². The van der Waals surface area contributed by atoms with Gasteiger partial charge in [-0.2, -0.15) is 0 Å². The minimum atomic E-state index is -2.46. The van der Waals surface area contributed by atoms with Gasteiger partial charge in [0.25, 0.3) is 0 Å². The number of methoxy groups -OCH3 is 2. The lowest BCUT2D eigenvalue weighted by Crippen LogP contribution is -3.00. The molecular formula is C26H41Br2NO4. The molecule has 3 atom stereocenters. The van der Waals surface area contributed by atoms with Gasteiger partial charge in [0, 0.05) is 16.6 Å². The predicted octanol–water partition coefficient (Wildman–Crippen LogP) is 2.30. The maximum Gasteiger partial charge on any atom is 0.161 e. The third-order valence-corrected chi connectivity index (χ3v) is 9.04. The third-order valence-electron chi connectivity index (χ3n) is 8.30. The van der Waals surface area contributed by atoms with Crippen LogP contribution in [0.3, 0.4) is 0 Å². The molecule has 5 rings (SSSR count). The second-order valence-electron chi connectivity index (χ2n) is 10.2. The van der Waals surface area contributed by atoms with Crippen molar-refractivity contribution >= 4 is 15.9 Å². The minimum Gasteiger partial charge on any atom is -1.00 e. The Bertz CT molecular complexity index is 941. The van der Waals surface area contributed by atoms with Crippen LogP contribution in [0.2, 0.25) is 0 Å². The summed E-state index contributed by atoms with van der Waals surface area (Å²) in [7, 11) is 3.14. The highest BCUT2D eigenvalue weighted by molar-refractivity contribution is 9.10. The van der Waals surface area contributed by atoms with E-state index in [9.17, 15) is 0 Å². The number of halogens is 2. The number of benzene rings is 1. The summed E-state index contributed by atoms with van der Waals surface area (Å²) in [6, 6.07) is 3.64. The Labute approximate surface area is 224 Å². The molecule has 0 spiro atoms. The van der Waals surface area contributed by atoms with Gasteiger partial charge in [-0.05, 0) is 61.0 Å². The second kappa shape index (κ2) is 11.6. The number of fused-ring (bicyclic) bond motifs is 2. The lowest BCUT2D eigenvalue weighted by atomic mass is 9.45. The summed E-state index contributed by atoms with van der Waals surface area (Å²) in [6.45, 7) is 1.86. The molecule has 4 aliphatic rings. The topological polar surface area (TPSA) is 36.9 Å². The quantitative estimate of drug-likeness (QED) is 0.390. The highest BCUT2D eigenvalue weighted by Crippen LogP contribution is 2.61. The van der Waals surface area contributed by atoms with Crippen molar-refractivity contribution in [1.29, 1.82) is 0 Å². The Morgan fingerprint density at radius 1 is 1.15 bits per heavy atom. The minimum absolute atomic E-state index is 0. The maximum atomic E-state index is 9.11. The molecule has 1 aliphatic heterocycles. The van der Waals surface area contributed by atoms with Crippen LogP contribution < -0.4 is 26.5 Å². The van der Waals surface area contributed by atoms with Crippen LogP contribution >= 0.6 is 15.9 Å². The molecule has 7 heteroatoms. The van der Waals surface area contributed by atoms with E-state index in [0.717, 1.165) is 22.4 Å². The molecule has 1 unspecified atom stereocenters. The molecule has 1 saturated heterocycles. The highest BCUT2D eigenvalue weighted by atomic mass is 79.9. The van der Waals surface area contributed by atoms with Crippen LogP contribution in [0.4, 0.5) is 0 Å². The smallest absolute Gasteiger partial charge is 0.161 e. The zero-order chi connectivity index (χ0) is 26.4. The van der Waals surface area contributed by atoms with Gasteiger partial charge in [0.2, 0.25) is 0 Å². The average molecular weight is 595 g/mol. The number of hydrogen-bond donors (Lipinski definition) is 0. The van der Waals surface area contributed by atoms with Gasteiger partial charge in [-0.1, -0.05) is 29.8 Å². The molecule has 0 N–H and O–H groups in total. The number of quaternary nitrogens is 1. The predicted molar refractivity (Wildman–Crippen MR) is 130 cm³/mol. The molecule has 0 radical (unpaired) electrons. The van der Waals surface area contributed by atoms with Crippen molar-refractivity contribution in [2.45, 2.75) is 46.1 Å². The van der Waals surface area contributed by atoms with Crippen molar-refractivity contribution in [2.75, 3.05) is 60.2 Å². The summed E-state index contributed by atoms with van der Waals surface area (Å²) < 4.78 is 58.6. The van der Waals surface area contributed by atoms with Crippen LogP contribution in [-0.2, 0) is 16.0 Å². The van der Waals surface area contributed by atoms with Crippen molar-refractivity contribution < 1.29 is 45.9 Å². The molecule has 1 heterocycles. The first-order valence-corrected chi connectivity index (χ1v) is 12.7. The van der Waals surface area contributed by atoms with Crippen molar-refractivity contribution in [3.05, 3.63) is 22.2 Å². The standard InChI is InChI=1S/C26H41BrNO4.BrH/c1-26(2)21-6-5-19(22(26)16-21)7-11-31-12-8-28(9-13-32-14-10-28)18-20-15-24(29-3)25(30-4)17-23(20)27;/h15,17,19,21-22H,5-14,16,18H2,1-4H3;1H/q+1;/p-1/t19?,21-,22-;/m0./s1/i8D2,12D2;. The van der Waals surface area contributed by atoms with Gasteiger partial charge in [0.1, 0.15) is 26.1 Å². The van der Waals surface area contributed by atoms with E-state index in [1.807, 2.05) is 12.1 Å². The molecule has 1 aromatic carbocycles. The molecule has 1 aromatic rings. The fourth-order valence-electron chi connectivity index (χ4n) is 6.04. The summed E-state index contributed by atoms with van der Waals surface area (Å²) in [5.74, 6) is 3.15. The Balaban J connectivity index is 0.00000380. The lowest BCUT2D eigenvalue weighted by Gasteiger charge is -2.60. The van der Waals surface area contributed by atoms with Gasteiger partial charge in [0.05, 0.1) is 39.5 Å². The van der Waals surface area contributed by atoms with Gasteiger partial charge in [-0.25, -0.2) is 0 Å². The van der Waals surface area contributed by atoms with Gasteiger partial charge >= 0.3 is 0 Å². The summed E-state index contributed by atoms with van der Waals surface area (Å²) in [5, 5.41) is 0. The maximum absolute atomic E-state index is 9.11. The summed E-state index contributed by atoms with van der Waals surface area (Å²) in [5.41, 5.74) is 1.19. The molecule has 188 valence electrons. The Morgan fingerprint density at radius 3 is 2.48 bits per heavy atom. The fraction of sp³-hybridized carbons (Fsp3) is 0.769. The van der Waals surface area contributed by atoms with E-state index >= 15 is 0 Å². The highest BCUT2D eigenvalue weighted by Gasteiger charge is 2.53. The Hall–Kier alpha value is -0.340. The van der Waals surface area contributed by atoms with Crippen molar-refractivity contribution in [3.63, 3.8) is 0 Å². The van der Waals surface area contributed by atoms with E-state index in [2.05, 4.69) is 29.8 Å². The molecule has 2 bridgehead atoms. The van der Waals surface area contributed by atoms with Crippen LogP contribution in [0.15, 0.2) is 16.6 Å². The first-order valence-electron chi connectivity index (χ1n) is 13.9. The first-order chi connectivity index (χ1) is 16.9. The van der Waals surface area contributed by atoms with E-state index in [0.29, 0.717) is 55.1 Å². The summed E-state index contributed by atoms with van der Waals surface area (Å²) >= 11 is 3.60. The van der Waals surface area contributed by atoms with Gasteiger partial charge in [0.15, 0.2) is 11.5 Å². The van der Waals surface area contributed by atoms with Gasteiger partial charge < -0.3 is 40.4 Å². The molecule has 4 fully saturated rings. The van der Waals surface area contributed by atoms with Crippen molar-refractivity contribution in [2.24, 2.45) is 23.2 Å². The zero-order valence-electron chi connectivity index (χ0n) is 24.3. The Morgan fingerprint density at radius 2 is 1.85 bits per heavy atom. The normalized spacial score (nSPS) is 29.9. The van der Waals surface area contributed by atoms with Crippen LogP contribution in [0.5, 0.6) is 11.5 Å². The number of rotatable bonds is 10. The van der Waals surface area contributed by atoms with E-state index in [1.165, 1.54) is 19.3 Å². The Kier molecular flexibility index (Phi) is 7.70. The number of nitrogens with zero attached hydrogens (tertiary/aromatic N) is 1. The molecular weight excluding hydrogens is 550 g/mol. The van der Waals surface area contributed by atoms with Crippen LogP contribution in [0, 0.1) is 23.2 Å². The van der Waals surface area contributed by atoms with E-state index in [-0.39, 0.29) is 34.6 Å². The zero-order valence-corrected chi connectivity index (χ0v) is 23.5.